The van der Waals surface area contributed by atoms with Crippen molar-refractivity contribution in [2.24, 2.45) is 0 Å². The van der Waals surface area contributed by atoms with Gasteiger partial charge < -0.3 is 38.6 Å². The first-order valence-corrected chi connectivity index (χ1v) is 10.8. The molecule has 0 aromatic carbocycles. The van der Waals surface area contributed by atoms with Gasteiger partial charge in [-0.1, -0.05) is 13.2 Å². The fourth-order valence-electron chi connectivity index (χ4n) is 2.04. The highest BCUT2D eigenvalue weighted by Gasteiger charge is 2.18. The third kappa shape index (κ3) is 22.4. The maximum absolute atomic E-state index is 11.3. The van der Waals surface area contributed by atoms with Crippen LogP contribution in [0.3, 0.4) is 0 Å². The monoisotopic (exact) mass is 534 g/mol. The number of carboxylic acid groups (broad SMARTS) is 2. The van der Waals surface area contributed by atoms with Crippen LogP contribution in [0.5, 0.6) is 0 Å². The highest BCUT2D eigenvalue weighted by Crippen LogP contribution is 2.03. The van der Waals surface area contributed by atoms with Crippen LogP contribution in [0, 0.1) is 0 Å². The van der Waals surface area contributed by atoms with E-state index in [-0.39, 0.29) is 57.7 Å². The standard InChI is InChI=1S/C12H18O7.C11H16O7/c1-8(2)12(16)18-7-9(6-17-3)19-11(15)5-4-10(13)14;1-3-10(14)17-7-8(6-16-2)18-11(15)5-4-9(12)13/h9H,1,4-7H2,2-3H3,(H,13,14);3,8H,1,4-7H2,2H3,(H,12,13). The molecule has 0 spiro atoms. The fourth-order valence-corrected chi connectivity index (χ4v) is 2.04. The van der Waals surface area contributed by atoms with Crippen LogP contribution in [0.15, 0.2) is 24.8 Å². The molecule has 210 valence electrons. The number of hydrogen-bond donors (Lipinski definition) is 2. The van der Waals surface area contributed by atoms with Crippen molar-refractivity contribution >= 4 is 35.8 Å². The van der Waals surface area contributed by atoms with Crippen molar-refractivity contribution in [1.82, 2.24) is 0 Å². The summed E-state index contributed by atoms with van der Waals surface area (Å²) >= 11 is 0. The van der Waals surface area contributed by atoms with Gasteiger partial charge in [-0.05, 0) is 6.92 Å². The van der Waals surface area contributed by atoms with E-state index in [1.165, 1.54) is 21.1 Å². The Kier molecular flexibility index (Phi) is 20.6. The number of esters is 4. The number of rotatable bonds is 18. The minimum Gasteiger partial charge on any atom is -0.481 e. The molecule has 0 aliphatic carbocycles. The summed E-state index contributed by atoms with van der Waals surface area (Å²) in [5.41, 5.74) is 0.230. The van der Waals surface area contributed by atoms with Crippen LogP contribution in [0.25, 0.3) is 0 Å². The molecule has 2 unspecified atom stereocenters. The van der Waals surface area contributed by atoms with Gasteiger partial charge >= 0.3 is 35.8 Å². The van der Waals surface area contributed by atoms with Gasteiger partial charge in [0.1, 0.15) is 13.2 Å². The average Bonchev–Trinajstić information content (AvgIpc) is 2.83. The summed E-state index contributed by atoms with van der Waals surface area (Å²) in [6.45, 7) is 7.87. The van der Waals surface area contributed by atoms with Crippen LogP contribution in [0.2, 0.25) is 0 Å². The minimum absolute atomic E-state index is 0.0439. The first kappa shape index (κ1) is 35.4. The molecule has 0 aliphatic rings. The van der Waals surface area contributed by atoms with Crippen LogP contribution in [0.1, 0.15) is 32.6 Å². The number of hydrogen-bond acceptors (Lipinski definition) is 12. The average molecular weight is 535 g/mol. The van der Waals surface area contributed by atoms with Crippen molar-refractivity contribution < 1.29 is 67.4 Å². The summed E-state index contributed by atoms with van der Waals surface area (Å²) in [7, 11) is 2.80. The Labute approximate surface area is 214 Å². The second-order valence-corrected chi connectivity index (χ2v) is 7.13. The number of carbonyl (C=O) groups excluding carboxylic acids is 4. The number of carbonyl (C=O) groups is 6. The van der Waals surface area contributed by atoms with Gasteiger partial charge in [-0.3, -0.25) is 19.2 Å². The van der Waals surface area contributed by atoms with E-state index >= 15 is 0 Å². The molecule has 0 bridgehead atoms. The zero-order chi connectivity index (χ0) is 28.8. The van der Waals surface area contributed by atoms with Gasteiger partial charge in [0.15, 0.2) is 12.2 Å². The third-order valence-corrected chi connectivity index (χ3v) is 3.71. The molecule has 0 saturated carbocycles. The quantitative estimate of drug-likeness (QED) is 0.141. The van der Waals surface area contributed by atoms with E-state index in [0.717, 1.165) is 6.08 Å². The smallest absolute Gasteiger partial charge is 0.333 e. The second-order valence-electron chi connectivity index (χ2n) is 7.13. The lowest BCUT2D eigenvalue weighted by Gasteiger charge is -2.17. The lowest BCUT2D eigenvalue weighted by molar-refractivity contribution is -0.161. The Morgan fingerprint density at radius 3 is 1.46 bits per heavy atom. The molecule has 0 fully saturated rings. The molecule has 0 aromatic heterocycles. The normalized spacial score (nSPS) is 11.4. The molecule has 0 saturated heterocycles. The molecule has 0 heterocycles. The molecule has 2 N–H and O–H groups in total. The van der Waals surface area contributed by atoms with Gasteiger partial charge in [-0.15, -0.1) is 0 Å². The topological polar surface area (TPSA) is 198 Å². The van der Waals surface area contributed by atoms with Crippen molar-refractivity contribution in [3.63, 3.8) is 0 Å². The molecule has 0 amide bonds. The van der Waals surface area contributed by atoms with Crippen molar-refractivity contribution in [3.05, 3.63) is 24.8 Å². The van der Waals surface area contributed by atoms with E-state index in [9.17, 15) is 28.8 Å². The molecule has 37 heavy (non-hydrogen) atoms. The van der Waals surface area contributed by atoms with Crippen molar-refractivity contribution in [1.29, 1.82) is 0 Å². The lowest BCUT2D eigenvalue weighted by atomic mass is 10.3. The first-order valence-electron chi connectivity index (χ1n) is 10.8. The molecule has 0 aliphatic heterocycles. The second kappa shape index (κ2) is 21.5. The van der Waals surface area contributed by atoms with E-state index < -0.39 is 48.0 Å². The largest absolute Gasteiger partial charge is 0.481 e. The fraction of sp³-hybridized carbons (Fsp3) is 0.565. The van der Waals surface area contributed by atoms with Crippen molar-refractivity contribution in [2.75, 3.05) is 40.6 Å². The lowest BCUT2D eigenvalue weighted by Crippen LogP contribution is -2.29. The zero-order valence-corrected chi connectivity index (χ0v) is 21.1. The Hall–Kier alpha value is -3.78. The van der Waals surface area contributed by atoms with Gasteiger partial charge in [0, 0.05) is 25.9 Å². The van der Waals surface area contributed by atoms with E-state index in [1.807, 2.05) is 0 Å². The number of carboxylic acids is 2. The van der Waals surface area contributed by atoms with E-state index in [4.69, 9.17) is 38.6 Å². The first-order chi connectivity index (χ1) is 17.4. The third-order valence-electron chi connectivity index (χ3n) is 3.71. The number of methoxy groups -OCH3 is 2. The summed E-state index contributed by atoms with van der Waals surface area (Å²) in [5, 5.41) is 16.8. The van der Waals surface area contributed by atoms with Gasteiger partial charge in [-0.2, -0.15) is 0 Å². The van der Waals surface area contributed by atoms with Gasteiger partial charge in [0.2, 0.25) is 0 Å². The van der Waals surface area contributed by atoms with E-state index in [2.05, 4.69) is 13.2 Å². The van der Waals surface area contributed by atoms with E-state index in [1.54, 1.807) is 0 Å². The molecular formula is C23H34O14. The number of ether oxygens (including phenoxy) is 6. The van der Waals surface area contributed by atoms with E-state index in [0.29, 0.717) is 0 Å². The highest BCUT2D eigenvalue weighted by molar-refractivity contribution is 5.87. The van der Waals surface area contributed by atoms with Gasteiger partial charge in [-0.25, -0.2) is 9.59 Å². The molecule has 2 atom stereocenters. The zero-order valence-electron chi connectivity index (χ0n) is 21.1. The summed E-state index contributed by atoms with van der Waals surface area (Å²) in [6.07, 6.45) is -1.67. The Bertz CT molecular complexity index is 788. The van der Waals surface area contributed by atoms with Crippen LogP contribution in [-0.4, -0.2) is 98.9 Å². The SMILES string of the molecule is C=C(C)C(=O)OCC(COC)OC(=O)CCC(=O)O.C=CC(=O)OCC(COC)OC(=O)CCC(=O)O. The number of aliphatic carboxylic acids is 2. The van der Waals surface area contributed by atoms with Crippen LogP contribution in [-0.2, 0) is 57.2 Å². The molecule has 0 aromatic rings. The van der Waals surface area contributed by atoms with Crippen LogP contribution >= 0.6 is 0 Å². The van der Waals surface area contributed by atoms with Gasteiger partial charge in [0.25, 0.3) is 0 Å². The summed E-state index contributed by atoms with van der Waals surface area (Å²) in [5.74, 6) is -4.78. The predicted molar refractivity (Wildman–Crippen MR) is 124 cm³/mol. The molecule has 0 rings (SSSR count). The summed E-state index contributed by atoms with van der Waals surface area (Å²) < 4.78 is 29.0. The Balaban J connectivity index is 0. The molecule has 0 radical (unpaired) electrons. The van der Waals surface area contributed by atoms with Crippen molar-refractivity contribution in [3.8, 4) is 0 Å². The minimum atomic E-state index is -1.09. The van der Waals surface area contributed by atoms with Gasteiger partial charge in [0.05, 0.1) is 38.9 Å². The maximum Gasteiger partial charge on any atom is 0.333 e. The maximum atomic E-state index is 11.3. The Morgan fingerprint density at radius 2 is 1.14 bits per heavy atom. The molecule has 14 nitrogen and oxygen atoms in total. The highest BCUT2D eigenvalue weighted by atomic mass is 16.6. The Morgan fingerprint density at radius 1 is 0.730 bits per heavy atom. The molecular weight excluding hydrogens is 500 g/mol. The predicted octanol–water partition coefficient (Wildman–Crippen LogP) is 0.667. The van der Waals surface area contributed by atoms with Crippen LogP contribution in [0.4, 0.5) is 0 Å². The summed E-state index contributed by atoms with van der Waals surface area (Å²) in [4.78, 5) is 65.1. The summed E-state index contributed by atoms with van der Waals surface area (Å²) in [6, 6.07) is 0. The van der Waals surface area contributed by atoms with Crippen LogP contribution < -0.4 is 0 Å². The molecule has 14 heteroatoms. The van der Waals surface area contributed by atoms with Crippen molar-refractivity contribution in [2.45, 2.75) is 44.8 Å².